The van der Waals surface area contributed by atoms with Crippen molar-refractivity contribution in [3.05, 3.63) is 35.4 Å². The Morgan fingerprint density at radius 1 is 1.12 bits per heavy atom. The number of benzene rings is 1. The van der Waals surface area contributed by atoms with Crippen LogP contribution in [0.25, 0.3) is 0 Å². The Morgan fingerprint density at radius 3 is 2.50 bits per heavy atom. The summed E-state index contributed by atoms with van der Waals surface area (Å²) < 4.78 is 0. The Kier molecular flexibility index (Phi) is 5.72. The lowest BCUT2D eigenvalue weighted by Gasteiger charge is -2.02. The van der Waals surface area contributed by atoms with Crippen LogP contribution in [0.2, 0.25) is 0 Å². The third-order valence-corrected chi connectivity index (χ3v) is 2.87. The van der Waals surface area contributed by atoms with Gasteiger partial charge in [0.15, 0.2) is 0 Å². The monoisotopic (exact) mass is 214 g/mol. The van der Waals surface area contributed by atoms with Gasteiger partial charge in [-0.25, -0.2) is 0 Å². The molecular formula is C16H22. The highest BCUT2D eigenvalue weighted by molar-refractivity contribution is 5.37. The fraction of sp³-hybridized carbons (Fsp3) is 0.500. The summed E-state index contributed by atoms with van der Waals surface area (Å²) in [7, 11) is 0. The first-order valence-electron chi connectivity index (χ1n) is 6.40. The maximum absolute atomic E-state index is 3.35. The molecule has 0 radical (unpaired) electrons. The molecule has 0 aliphatic carbocycles. The molecule has 0 amide bonds. The standard InChI is InChI=1S/C16H22/c1-4-8-15-9-7-10-16(13-15)12-11-14(5-2)6-3/h7,9-10,13-14H,4-6,8H2,1-3H3. The fourth-order valence-corrected chi connectivity index (χ4v) is 1.77. The molecule has 0 N–H and O–H groups in total. The topological polar surface area (TPSA) is 0 Å². The van der Waals surface area contributed by atoms with E-state index in [1.54, 1.807) is 0 Å². The van der Waals surface area contributed by atoms with Gasteiger partial charge in [0.1, 0.15) is 0 Å². The van der Waals surface area contributed by atoms with E-state index >= 15 is 0 Å². The minimum absolute atomic E-state index is 0.551. The zero-order valence-electron chi connectivity index (χ0n) is 10.7. The molecule has 0 heterocycles. The molecule has 0 atom stereocenters. The van der Waals surface area contributed by atoms with Crippen molar-refractivity contribution in [3.63, 3.8) is 0 Å². The van der Waals surface area contributed by atoms with Crippen molar-refractivity contribution in [2.45, 2.75) is 46.5 Å². The number of rotatable bonds is 4. The Labute approximate surface area is 100 Å². The average molecular weight is 214 g/mol. The van der Waals surface area contributed by atoms with Gasteiger partial charge in [-0.1, -0.05) is 51.2 Å². The van der Waals surface area contributed by atoms with Crippen LogP contribution in [0.1, 0.15) is 51.2 Å². The molecule has 1 aromatic carbocycles. The molecule has 0 saturated carbocycles. The van der Waals surface area contributed by atoms with Crippen LogP contribution >= 0.6 is 0 Å². The molecule has 0 spiro atoms. The van der Waals surface area contributed by atoms with Crippen LogP contribution in [0.4, 0.5) is 0 Å². The highest BCUT2D eigenvalue weighted by Crippen LogP contribution is 2.08. The molecule has 0 nitrogen and oxygen atoms in total. The van der Waals surface area contributed by atoms with Gasteiger partial charge in [0, 0.05) is 11.5 Å². The van der Waals surface area contributed by atoms with Gasteiger partial charge in [0.05, 0.1) is 0 Å². The molecule has 0 aromatic heterocycles. The van der Waals surface area contributed by atoms with Gasteiger partial charge in [-0.3, -0.25) is 0 Å². The van der Waals surface area contributed by atoms with Crippen molar-refractivity contribution in [2.24, 2.45) is 5.92 Å². The highest BCUT2D eigenvalue weighted by atomic mass is 14.0. The molecule has 0 saturated heterocycles. The molecule has 0 unspecified atom stereocenters. The second-order valence-electron chi connectivity index (χ2n) is 4.23. The lowest BCUT2D eigenvalue weighted by atomic mass is 10.0. The van der Waals surface area contributed by atoms with Crippen LogP contribution in [-0.4, -0.2) is 0 Å². The van der Waals surface area contributed by atoms with Crippen LogP contribution in [-0.2, 0) is 6.42 Å². The summed E-state index contributed by atoms with van der Waals surface area (Å²) in [4.78, 5) is 0. The van der Waals surface area contributed by atoms with Crippen LogP contribution in [0.5, 0.6) is 0 Å². The molecule has 0 fully saturated rings. The quantitative estimate of drug-likeness (QED) is 0.651. The van der Waals surface area contributed by atoms with Gasteiger partial charge >= 0.3 is 0 Å². The van der Waals surface area contributed by atoms with E-state index in [0.29, 0.717) is 5.92 Å². The smallest absolute Gasteiger partial charge is 0.0248 e. The maximum atomic E-state index is 3.35. The lowest BCUT2D eigenvalue weighted by molar-refractivity contribution is 0.627. The van der Waals surface area contributed by atoms with E-state index in [9.17, 15) is 0 Å². The molecule has 0 bridgehead atoms. The van der Waals surface area contributed by atoms with E-state index in [2.05, 4.69) is 56.9 Å². The summed E-state index contributed by atoms with van der Waals surface area (Å²) in [5, 5.41) is 0. The Balaban J connectivity index is 2.76. The predicted molar refractivity (Wildman–Crippen MR) is 71.4 cm³/mol. The SMILES string of the molecule is CCCc1cccc(C#CC(CC)CC)c1. The summed E-state index contributed by atoms with van der Waals surface area (Å²) in [6.07, 6.45) is 4.65. The maximum Gasteiger partial charge on any atom is 0.0248 e. The number of hydrogen-bond donors (Lipinski definition) is 0. The third-order valence-electron chi connectivity index (χ3n) is 2.87. The van der Waals surface area contributed by atoms with E-state index in [4.69, 9.17) is 0 Å². The van der Waals surface area contributed by atoms with Gasteiger partial charge in [-0.2, -0.15) is 0 Å². The zero-order valence-corrected chi connectivity index (χ0v) is 10.7. The molecule has 0 aliphatic heterocycles. The van der Waals surface area contributed by atoms with Crippen molar-refractivity contribution in [1.29, 1.82) is 0 Å². The van der Waals surface area contributed by atoms with E-state index < -0.39 is 0 Å². The van der Waals surface area contributed by atoms with Gasteiger partial charge in [0.25, 0.3) is 0 Å². The summed E-state index contributed by atoms with van der Waals surface area (Å²) >= 11 is 0. The van der Waals surface area contributed by atoms with Crippen molar-refractivity contribution >= 4 is 0 Å². The first kappa shape index (κ1) is 12.8. The minimum atomic E-state index is 0.551. The van der Waals surface area contributed by atoms with Crippen molar-refractivity contribution in [2.75, 3.05) is 0 Å². The molecule has 1 rings (SSSR count). The number of aryl methyl sites for hydroxylation is 1. The predicted octanol–water partition coefficient (Wildman–Crippen LogP) is 4.43. The summed E-state index contributed by atoms with van der Waals surface area (Å²) in [5.41, 5.74) is 2.57. The highest BCUT2D eigenvalue weighted by Gasteiger charge is 1.97. The van der Waals surface area contributed by atoms with E-state index in [0.717, 1.165) is 24.8 Å². The summed E-state index contributed by atoms with van der Waals surface area (Å²) in [6, 6.07) is 8.63. The Hall–Kier alpha value is -1.22. The first-order valence-corrected chi connectivity index (χ1v) is 6.40. The molecule has 1 aromatic rings. The van der Waals surface area contributed by atoms with E-state index in [1.165, 1.54) is 12.0 Å². The molecule has 0 aliphatic rings. The van der Waals surface area contributed by atoms with E-state index in [1.807, 2.05) is 0 Å². The second-order valence-corrected chi connectivity index (χ2v) is 4.23. The second kappa shape index (κ2) is 7.12. The Bertz CT molecular complexity index is 361. The van der Waals surface area contributed by atoms with Crippen molar-refractivity contribution < 1.29 is 0 Å². The fourth-order valence-electron chi connectivity index (χ4n) is 1.77. The van der Waals surface area contributed by atoms with Gasteiger partial charge in [0.2, 0.25) is 0 Å². The molecule has 86 valence electrons. The van der Waals surface area contributed by atoms with Crippen LogP contribution in [0.15, 0.2) is 24.3 Å². The van der Waals surface area contributed by atoms with Crippen molar-refractivity contribution in [3.8, 4) is 11.8 Å². The van der Waals surface area contributed by atoms with E-state index in [-0.39, 0.29) is 0 Å². The first-order chi connectivity index (χ1) is 7.80. The lowest BCUT2D eigenvalue weighted by Crippen LogP contribution is -1.91. The summed E-state index contributed by atoms with van der Waals surface area (Å²) in [6.45, 7) is 6.62. The summed E-state index contributed by atoms with van der Waals surface area (Å²) in [5.74, 6) is 7.20. The third kappa shape index (κ3) is 4.11. The minimum Gasteiger partial charge on any atom is -0.0945 e. The van der Waals surface area contributed by atoms with Crippen LogP contribution in [0, 0.1) is 17.8 Å². The van der Waals surface area contributed by atoms with Crippen molar-refractivity contribution in [1.82, 2.24) is 0 Å². The Morgan fingerprint density at radius 2 is 1.88 bits per heavy atom. The van der Waals surface area contributed by atoms with Crippen LogP contribution < -0.4 is 0 Å². The largest absolute Gasteiger partial charge is 0.0945 e. The van der Waals surface area contributed by atoms with Gasteiger partial charge in [-0.05, 0) is 37.0 Å². The molecule has 16 heavy (non-hydrogen) atoms. The van der Waals surface area contributed by atoms with Gasteiger partial charge in [-0.15, -0.1) is 0 Å². The normalized spacial score (nSPS) is 10.0. The molecule has 0 heteroatoms. The average Bonchev–Trinajstić information content (AvgIpc) is 2.31. The zero-order chi connectivity index (χ0) is 11.8. The van der Waals surface area contributed by atoms with Gasteiger partial charge < -0.3 is 0 Å². The van der Waals surface area contributed by atoms with Crippen LogP contribution in [0.3, 0.4) is 0 Å². The molecular weight excluding hydrogens is 192 g/mol. The number of hydrogen-bond acceptors (Lipinski definition) is 0.